The minimum absolute atomic E-state index is 0.104. The van der Waals surface area contributed by atoms with Crippen LogP contribution < -0.4 is 10.2 Å². The maximum Gasteiger partial charge on any atom is 0.322 e. The number of hydrogen-bond donors (Lipinski definition) is 2. The van der Waals surface area contributed by atoms with Gasteiger partial charge < -0.3 is 15.2 Å². The van der Waals surface area contributed by atoms with Gasteiger partial charge in [-0.25, -0.2) is 9.78 Å². The van der Waals surface area contributed by atoms with Crippen LogP contribution >= 0.6 is 0 Å². The van der Waals surface area contributed by atoms with Gasteiger partial charge in [-0.3, -0.25) is 14.5 Å². The van der Waals surface area contributed by atoms with Gasteiger partial charge in [0.1, 0.15) is 5.82 Å². The molecule has 1 unspecified atom stereocenters. The molecule has 8 nitrogen and oxygen atoms in total. The highest BCUT2D eigenvalue weighted by molar-refractivity contribution is 6.20. The predicted molar refractivity (Wildman–Crippen MR) is 117 cm³/mol. The molecule has 3 heterocycles. The fraction of sp³-hybridized carbons (Fsp3) is 0.304. The number of para-hydroxylation sites is 2. The van der Waals surface area contributed by atoms with E-state index in [9.17, 15) is 14.4 Å². The fourth-order valence-electron chi connectivity index (χ4n) is 4.45. The van der Waals surface area contributed by atoms with Crippen molar-refractivity contribution in [3.63, 3.8) is 0 Å². The zero-order valence-electron chi connectivity index (χ0n) is 17.2. The van der Waals surface area contributed by atoms with Crippen LogP contribution in [0.15, 0.2) is 42.5 Å². The fourth-order valence-corrected chi connectivity index (χ4v) is 4.45. The first-order chi connectivity index (χ1) is 15.0. The molecular weight excluding hydrogens is 394 g/mol. The van der Waals surface area contributed by atoms with Gasteiger partial charge in [-0.1, -0.05) is 12.1 Å². The number of H-pyrrole nitrogens is 1. The van der Waals surface area contributed by atoms with Crippen molar-refractivity contribution < 1.29 is 14.4 Å². The van der Waals surface area contributed by atoms with E-state index in [0.717, 1.165) is 35.3 Å². The highest BCUT2D eigenvalue weighted by Crippen LogP contribution is 2.33. The molecule has 1 atom stereocenters. The lowest BCUT2D eigenvalue weighted by atomic mass is 10.1. The SMILES string of the molecule is Cc1cc(NC(=O)N2CCCC2c2nc3ccccc3[nH]2)ccc1N1C(=O)CCC1=O. The lowest BCUT2D eigenvalue weighted by molar-refractivity contribution is -0.121. The van der Waals surface area contributed by atoms with Gasteiger partial charge in [0.05, 0.1) is 22.8 Å². The maximum absolute atomic E-state index is 13.0. The monoisotopic (exact) mass is 417 g/mol. The molecule has 3 aromatic rings. The van der Waals surface area contributed by atoms with Crippen molar-refractivity contribution in [2.24, 2.45) is 0 Å². The highest BCUT2D eigenvalue weighted by atomic mass is 16.2. The number of nitrogens with one attached hydrogen (secondary N) is 2. The summed E-state index contributed by atoms with van der Waals surface area (Å²) in [6.45, 7) is 2.48. The van der Waals surface area contributed by atoms with Gasteiger partial charge in [-0.2, -0.15) is 0 Å². The number of imide groups is 1. The molecule has 2 aliphatic heterocycles. The summed E-state index contributed by atoms with van der Waals surface area (Å²) in [5, 5.41) is 2.96. The number of likely N-dealkylation sites (tertiary alicyclic amines) is 1. The Labute approximate surface area is 179 Å². The standard InChI is InChI=1S/C23H23N5O3/c1-14-13-15(8-9-18(14)28-20(29)10-11-21(28)30)24-23(31)27-12-4-7-19(27)22-25-16-5-2-3-6-17(16)26-22/h2-3,5-6,8-9,13,19H,4,7,10-12H2,1H3,(H,24,31)(H,25,26). The lowest BCUT2D eigenvalue weighted by Gasteiger charge is -2.24. The number of rotatable bonds is 3. The van der Waals surface area contributed by atoms with E-state index < -0.39 is 0 Å². The van der Waals surface area contributed by atoms with E-state index in [2.05, 4.69) is 15.3 Å². The van der Waals surface area contributed by atoms with Crippen LogP contribution in [0.1, 0.15) is 43.1 Å². The van der Waals surface area contributed by atoms with Crippen LogP contribution in [-0.2, 0) is 9.59 Å². The Kier molecular flexibility index (Phi) is 4.69. The summed E-state index contributed by atoms with van der Waals surface area (Å²) in [6.07, 6.45) is 2.25. The summed E-state index contributed by atoms with van der Waals surface area (Å²) < 4.78 is 0. The molecule has 4 amide bonds. The van der Waals surface area contributed by atoms with Gasteiger partial charge >= 0.3 is 6.03 Å². The molecule has 31 heavy (non-hydrogen) atoms. The minimum atomic E-state index is -0.191. The number of fused-ring (bicyclic) bond motifs is 1. The first-order valence-corrected chi connectivity index (χ1v) is 10.5. The molecule has 0 saturated carbocycles. The van der Waals surface area contributed by atoms with Crippen molar-refractivity contribution in [1.82, 2.24) is 14.9 Å². The van der Waals surface area contributed by atoms with Crippen LogP contribution in [0.3, 0.4) is 0 Å². The number of urea groups is 1. The van der Waals surface area contributed by atoms with Gasteiger partial charge in [0.25, 0.3) is 0 Å². The summed E-state index contributed by atoms with van der Waals surface area (Å²) in [5.41, 5.74) is 3.81. The number of benzene rings is 2. The summed E-state index contributed by atoms with van der Waals surface area (Å²) in [7, 11) is 0. The molecule has 8 heteroatoms. The molecule has 2 fully saturated rings. The van der Waals surface area contributed by atoms with E-state index in [-0.39, 0.29) is 36.7 Å². The van der Waals surface area contributed by atoms with Crippen LogP contribution in [0.2, 0.25) is 0 Å². The molecule has 1 aromatic heterocycles. The number of hydrogen-bond acceptors (Lipinski definition) is 4. The van der Waals surface area contributed by atoms with E-state index in [0.29, 0.717) is 17.9 Å². The topological polar surface area (TPSA) is 98.4 Å². The third kappa shape index (κ3) is 3.43. The summed E-state index contributed by atoms with van der Waals surface area (Å²) in [5.74, 6) is 0.428. The molecule has 2 aliphatic rings. The van der Waals surface area contributed by atoms with Crippen LogP contribution in [0.4, 0.5) is 16.2 Å². The quantitative estimate of drug-likeness (QED) is 0.632. The molecule has 158 valence electrons. The number of imidazole rings is 1. The predicted octanol–water partition coefficient (Wildman–Crippen LogP) is 3.89. The Morgan fingerprint density at radius 2 is 1.90 bits per heavy atom. The number of amides is 4. The van der Waals surface area contributed by atoms with Crippen molar-refractivity contribution in [2.45, 2.75) is 38.6 Å². The van der Waals surface area contributed by atoms with E-state index in [1.165, 1.54) is 4.90 Å². The Bertz CT molecular complexity index is 1150. The van der Waals surface area contributed by atoms with Crippen molar-refractivity contribution in [3.8, 4) is 0 Å². The molecule has 2 saturated heterocycles. The zero-order valence-corrected chi connectivity index (χ0v) is 17.2. The second kappa shape index (κ2) is 7.54. The Hall–Kier alpha value is -3.68. The molecule has 0 bridgehead atoms. The Balaban J connectivity index is 1.34. The number of anilines is 2. The highest BCUT2D eigenvalue weighted by Gasteiger charge is 2.33. The van der Waals surface area contributed by atoms with E-state index in [1.54, 1.807) is 23.1 Å². The normalized spacial score (nSPS) is 18.9. The third-order valence-electron chi connectivity index (χ3n) is 5.98. The number of aromatic nitrogens is 2. The average molecular weight is 417 g/mol. The Morgan fingerprint density at radius 1 is 1.13 bits per heavy atom. The molecule has 0 radical (unpaired) electrons. The third-order valence-corrected chi connectivity index (χ3v) is 5.98. The zero-order chi connectivity index (χ0) is 21.5. The van der Waals surface area contributed by atoms with Crippen molar-refractivity contribution >= 4 is 40.3 Å². The van der Waals surface area contributed by atoms with Gasteiger partial charge in [0.2, 0.25) is 11.8 Å². The number of carbonyl (C=O) groups is 3. The van der Waals surface area contributed by atoms with Crippen molar-refractivity contribution in [1.29, 1.82) is 0 Å². The smallest absolute Gasteiger partial charge is 0.322 e. The number of nitrogens with zero attached hydrogens (tertiary/aromatic N) is 3. The van der Waals surface area contributed by atoms with Crippen molar-refractivity contribution in [2.75, 3.05) is 16.8 Å². The second-order valence-corrected chi connectivity index (χ2v) is 8.04. The van der Waals surface area contributed by atoms with Crippen LogP contribution in [0.5, 0.6) is 0 Å². The van der Waals surface area contributed by atoms with Crippen molar-refractivity contribution in [3.05, 3.63) is 53.9 Å². The second-order valence-electron chi connectivity index (χ2n) is 8.04. The van der Waals surface area contributed by atoms with Gasteiger partial charge in [-0.15, -0.1) is 0 Å². The maximum atomic E-state index is 13.0. The van der Waals surface area contributed by atoms with Crippen LogP contribution in [0.25, 0.3) is 11.0 Å². The molecule has 0 aliphatic carbocycles. The lowest BCUT2D eigenvalue weighted by Crippen LogP contribution is -2.35. The molecule has 0 spiro atoms. The van der Waals surface area contributed by atoms with E-state index >= 15 is 0 Å². The number of aromatic amines is 1. The van der Waals surface area contributed by atoms with E-state index in [1.807, 2.05) is 31.2 Å². The summed E-state index contributed by atoms with van der Waals surface area (Å²) in [4.78, 5) is 48.1. The van der Waals surface area contributed by atoms with Gasteiger partial charge in [0, 0.05) is 25.1 Å². The van der Waals surface area contributed by atoms with E-state index in [4.69, 9.17) is 0 Å². The Morgan fingerprint density at radius 3 is 2.65 bits per heavy atom. The number of aryl methyl sites for hydroxylation is 1. The van der Waals surface area contributed by atoms with Gasteiger partial charge in [0.15, 0.2) is 0 Å². The first kappa shape index (κ1) is 19.3. The number of carbonyl (C=O) groups excluding carboxylic acids is 3. The molecule has 5 rings (SSSR count). The van der Waals surface area contributed by atoms with Crippen LogP contribution in [-0.4, -0.2) is 39.3 Å². The average Bonchev–Trinajstić information content (AvgIpc) is 3.47. The van der Waals surface area contributed by atoms with Crippen LogP contribution in [0, 0.1) is 6.92 Å². The minimum Gasteiger partial charge on any atom is -0.340 e. The van der Waals surface area contributed by atoms with Gasteiger partial charge in [-0.05, 0) is 55.7 Å². The first-order valence-electron chi connectivity index (χ1n) is 10.5. The largest absolute Gasteiger partial charge is 0.340 e. The molecule has 2 N–H and O–H groups in total. The summed E-state index contributed by atoms with van der Waals surface area (Å²) in [6, 6.07) is 12.8. The molecular formula is C23H23N5O3. The molecule has 2 aromatic carbocycles. The summed E-state index contributed by atoms with van der Waals surface area (Å²) >= 11 is 0.